The van der Waals surface area contributed by atoms with Crippen molar-refractivity contribution in [3.05, 3.63) is 51.0 Å². The fourth-order valence-electron chi connectivity index (χ4n) is 2.16. The molecule has 1 heterocycles. The highest BCUT2D eigenvalue weighted by Crippen LogP contribution is 2.20. The Labute approximate surface area is 113 Å². The summed E-state index contributed by atoms with van der Waals surface area (Å²) in [7, 11) is 0. The van der Waals surface area contributed by atoms with E-state index in [1.807, 2.05) is 5.51 Å². The van der Waals surface area contributed by atoms with Gasteiger partial charge in [-0.25, -0.2) is 4.98 Å². The zero-order valence-corrected chi connectivity index (χ0v) is 12.3. The first-order valence-electron chi connectivity index (χ1n) is 6.27. The van der Waals surface area contributed by atoms with Crippen LogP contribution in [0.1, 0.15) is 40.2 Å². The summed E-state index contributed by atoms with van der Waals surface area (Å²) in [5.74, 6) is 0. The topological polar surface area (TPSA) is 24.9 Å². The smallest absolute Gasteiger partial charge is 0.0798 e. The Hall–Kier alpha value is -1.19. The number of aromatic nitrogens is 1. The summed E-state index contributed by atoms with van der Waals surface area (Å²) in [5.41, 5.74) is 7.11. The van der Waals surface area contributed by atoms with Crippen LogP contribution in [0.5, 0.6) is 0 Å². The van der Waals surface area contributed by atoms with Gasteiger partial charge in [-0.15, -0.1) is 11.3 Å². The van der Waals surface area contributed by atoms with E-state index in [0.717, 1.165) is 12.2 Å². The van der Waals surface area contributed by atoms with Crippen LogP contribution in [-0.2, 0) is 6.54 Å². The van der Waals surface area contributed by atoms with Gasteiger partial charge < -0.3 is 5.32 Å². The maximum atomic E-state index is 4.27. The maximum absolute atomic E-state index is 4.27. The Kier molecular flexibility index (Phi) is 4.15. The lowest BCUT2D eigenvalue weighted by molar-refractivity contribution is 0.574. The van der Waals surface area contributed by atoms with Crippen LogP contribution in [0, 0.1) is 20.8 Å². The van der Waals surface area contributed by atoms with Gasteiger partial charge in [-0.05, 0) is 38.8 Å². The molecule has 2 nitrogen and oxygen atoms in total. The molecule has 3 heteroatoms. The highest BCUT2D eigenvalue weighted by atomic mass is 32.1. The molecule has 1 atom stereocenters. The van der Waals surface area contributed by atoms with Gasteiger partial charge in [-0.3, -0.25) is 0 Å². The lowest BCUT2D eigenvalue weighted by Crippen LogP contribution is -2.18. The van der Waals surface area contributed by atoms with Crippen molar-refractivity contribution in [3.8, 4) is 0 Å². The first-order valence-corrected chi connectivity index (χ1v) is 7.15. The minimum Gasteiger partial charge on any atom is -0.305 e. The first-order chi connectivity index (χ1) is 8.58. The maximum Gasteiger partial charge on any atom is 0.0798 e. The highest BCUT2D eigenvalue weighted by Gasteiger charge is 2.09. The summed E-state index contributed by atoms with van der Waals surface area (Å²) in [6.45, 7) is 9.49. The van der Waals surface area contributed by atoms with Crippen molar-refractivity contribution >= 4 is 11.3 Å². The van der Waals surface area contributed by atoms with Crippen LogP contribution in [-0.4, -0.2) is 4.98 Å². The molecule has 2 aromatic rings. The van der Waals surface area contributed by atoms with E-state index in [1.54, 1.807) is 11.3 Å². The average Bonchev–Trinajstić information content (AvgIpc) is 2.72. The molecule has 0 saturated carbocycles. The Balaban J connectivity index is 2.03. The van der Waals surface area contributed by atoms with E-state index in [0.29, 0.717) is 6.04 Å². The minimum atomic E-state index is 0.368. The largest absolute Gasteiger partial charge is 0.305 e. The highest BCUT2D eigenvalue weighted by molar-refractivity contribution is 7.09. The Bertz CT molecular complexity index is 531. The number of rotatable bonds is 4. The van der Waals surface area contributed by atoms with Crippen LogP contribution in [0.4, 0.5) is 0 Å². The van der Waals surface area contributed by atoms with Crippen LogP contribution < -0.4 is 5.32 Å². The van der Waals surface area contributed by atoms with E-state index in [1.165, 1.54) is 21.6 Å². The molecule has 1 N–H and O–H groups in total. The summed E-state index contributed by atoms with van der Waals surface area (Å²) >= 11 is 1.72. The molecule has 0 aliphatic carbocycles. The van der Waals surface area contributed by atoms with E-state index in [-0.39, 0.29) is 0 Å². The molecule has 96 valence electrons. The predicted molar refractivity (Wildman–Crippen MR) is 78.0 cm³/mol. The predicted octanol–water partition coefficient (Wildman–Crippen LogP) is 3.92. The van der Waals surface area contributed by atoms with Crippen molar-refractivity contribution in [1.29, 1.82) is 0 Å². The van der Waals surface area contributed by atoms with Gasteiger partial charge in [0, 0.05) is 17.5 Å². The molecule has 1 aromatic carbocycles. The lowest BCUT2D eigenvalue weighted by Gasteiger charge is -2.16. The normalized spacial score (nSPS) is 12.7. The third kappa shape index (κ3) is 2.98. The second kappa shape index (κ2) is 5.63. The van der Waals surface area contributed by atoms with Gasteiger partial charge in [0.15, 0.2) is 0 Å². The average molecular weight is 260 g/mol. The molecule has 0 aliphatic rings. The van der Waals surface area contributed by atoms with E-state index in [9.17, 15) is 0 Å². The van der Waals surface area contributed by atoms with Crippen LogP contribution >= 0.6 is 11.3 Å². The standard InChI is InChI=1S/C15H20N2S/c1-10-5-6-14(11(2)7-10)12(3)16-8-15-13(4)17-9-18-15/h5-7,9,12,16H,8H2,1-4H3. The summed E-state index contributed by atoms with van der Waals surface area (Å²) in [5, 5.41) is 3.57. The molecule has 1 aromatic heterocycles. The van der Waals surface area contributed by atoms with E-state index >= 15 is 0 Å². The fraction of sp³-hybridized carbons (Fsp3) is 0.400. The van der Waals surface area contributed by atoms with Crippen molar-refractivity contribution in [3.63, 3.8) is 0 Å². The van der Waals surface area contributed by atoms with Gasteiger partial charge in [0.25, 0.3) is 0 Å². The molecule has 18 heavy (non-hydrogen) atoms. The summed E-state index contributed by atoms with van der Waals surface area (Å²) in [6, 6.07) is 7.01. The zero-order chi connectivity index (χ0) is 13.1. The van der Waals surface area contributed by atoms with E-state index < -0.39 is 0 Å². The molecule has 2 rings (SSSR count). The molecule has 0 saturated heterocycles. The summed E-state index contributed by atoms with van der Waals surface area (Å²) < 4.78 is 0. The number of thiazole rings is 1. The molecule has 0 fully saturated rings. The molecule has 0 radical (unpaired) electrons. The SMILES string of the molecule is Cc1ccc(C(C)NCc2scnc2C)c(C)c1. The van der Waals surface area contributed by atoms with Crippen molar-refractivity contribution in [2.24, 2.45) is 0 Å². The number of hydrogen-bond acceptors (Lipinski definition) is 3. The van der Waals surface area contributed by atoms with Crippen LogP contribution in [0.25, 0.3) is 0 Å². The number of aryl methyl sites for hydroxylation is 3. The van der Waals surface area contributed by atoms with Gasteiger partial charge in [0.05, 0.1) is 11.2 Å². The molecule has 0 bridgehead atoms. The van der Waals surface area contributed by atoms with Crippen molar-refractivity contribution in [2.75, 3.05) is 0 Å². The van der Waals surface area contributed by atoms with Crippen LogP contribution in [0.3, 0.4) is 0 Å². The van der Waals surface area contributed by atoms with Crippen molar-refractivity contribution in [1.82, 2.24) is 10.3 Å². The Morgan fingerprint density at radius 1 is 1.28 bits per heavy atom. The monoisotopic (exact) mass is 260 g/mol. The number of hydrogen-bond donors (Lipinski definition) is 1. The third-order valence-electron chi connectivity index (χ3n) is 3.31. The van der Waals surface area contributed by atoms with Crippen molar-refractivity contribution in [2.45, 2.75) is 40.3 Å². The van der Waals surface area contributed by atoms with Gasteiger partial charge >= 0.3 is 0 Å². The van der Waals surface area contributed by atoms with Crippen LogP contribution in [0.2, 0.25) is 0 Å². The minimum absolute atomic E-state index is 0.368. The van der Waals surface area contributed by atoms with E-state index in [4.69, 9.17) is 0 Å². The third-order valence-corrected chi connectivity index (χ3v) is 4.24. The second-order valence-corrected chi connectivity index (χ2v) is 5.76. The first kappa shape index (κ1) is 13.2. The second-order valence-electron chi connectivity index (χ2n) is 4.82. The molecular weight excluding hydrogens is 240 g/mol. The number of benzene rings is 1. The van der Waals surface area contributed by atoms with Gasteiger partial charge in [-0.2, -0.15) is 0 Å². The van der Waals surface area contributed by atoms with Gasteiger partial charge in [0.2, 0.25) is 0 Å². The number of nitrogens with one attached hydrogen (secondary N) is 1. The Morgan fingerprint density at radius 2 is 2.06 bits per heavy atom. The van der Waals surface area contributed by atoms with Crippen molar-refractivity contribution < 1.29 is 0 Å². The fourth-order valence-corrected chi connectivity index (χ4v) is 2.89. The quantitative estimate of drug-likeness (QED) is 0.901. The zero-order valence-electron chi connectivity index (χ0n) is 11.4. The van der Waals surface area contributed by atoms with E-state index in [2.05, 4.69) is 56.2 Å². The molecular formula is C15H20N2S. The number of nitrogens with zero attached hydrogens (tertiary/aromatic N) is 1. The molecule has 0 aliphatic heterocycles. The summed E-state index contributed by atoms with van der Waals surface area (Å²) in [6.07, 6.45) is 0. The van der Waals surface area contributed by atoms with Gasteiger partial charge in [-0.1, -0.05) is 23.8 Å². The molecule has 1 unspecified atom stereocenters. The Morgan fingerprint density at radius 3 is 2.67 bits per heavy atom. The molecule has 0 spiro atoms. The lowest BCUT2D eigenvalue weighted by atomic mass is 10.0. The molecule has 0 amide bonds. The van der Waals surface area contributed by atoms with Gasteiger partial charge in [0.1, 0.15) is 0 Å². The summed E-state index contributed by atoms with van der Waals surface area (Å²) in [4.78, 5) is 5.60. The van der Waals surface area contributed by atoms with Crippen LogP contribution in [0.15, 0.2) is 23.7 Å².